The molecule has 2 rings (SSSR count). The van der Waals surface area contributed by atoms with Gasteiger partial charge in [-0.25, -0.2) is 0 Å². The van der Waals surface area contributed by atoms with Crippen LogP contribution >= 0.6 is 13.4 Å². The van der Waals surface area contributed by atoms with Crippen molar-refractivity contribution in [1.82, 2.24) is 0 Å². The van der Waals surface area contributed by atoms with Gasteiger partial charge in [-0.15, -0.1) is 0 Å². The van der Waals surface area contributed by atoms with Crippen molar-refractivity contribution < 1.29 is 29.4 Å². The molecule has 0 aliphatic carbocycles. The molecule has 10 heteroatoms. The minimum atomic E-state index is -3.81. The van der Waals surface area contributed by atoms with E-state index in [9.17, 15) is 0 Å². The summed E-state index contributed by atoms with van der Waals surface area (Å²) < 4.78 is 0. The Balaban J connectivity index is 0. The van der Waals surface area contributed by atoms with Gasteiger partial charge in [-0.2, -0.15) is 0 Å². The largest absolute Gasteiger partial charge is 0.325 e. The van der Waals surface area contributed by atoms with E-state index in [1.54, 1.807) is 0 Å². The van der Waals surface area contributed by atoms with Crippen LogP contribution in [0.15, 0.2) is 60.7 Å². The van der Waals surface area contributed by atoms with Gasteiger partial charge in [0.25, 0.3) is 0 Å². The molecule has 0 amide bonds. The lowest BCUT2D eigenvalue weighted by atomic mass is 10.2. The molecule has 0 aliphatic heterocycles. The Bertz CT molecular complexity index is 554. The maximum atomic E-state index is 7.56. The van der Waals surface area contributed by atoms with Crippen LogP contribution in [-0.4, -0.2) is 29.4 Å². The summed E-state index contributed by atoms with van der Waals surface area (Å²) >= 11 is 7.21. The SMILES string of the molecule is Cc1ccccc1.Cc1ccccc1.OP(O)(O)=S.OP(O)(O)=S. The van der Waals surface area contributed by atoms with Crippen LogP contribution in [0.5, 0.6) is 0 Å². The van der Waals surface area contributed by atoms with E-state index in [0.29, 0.717) is 0 Å². The number of rotatable bonds is 0. The van der Waals surface area contributed by atoms with Crippen LogP contribution in [0.2, 0.25) is 0 Å². The Morgan fingerprint density at radius 2 is 0.708 bits per heavy atom. The molecule has 2 aromatic rings. The van der Waals surface area contributed by atoms with E-state index in [2.05, 4.69) is 61.7 Å². The van der Waals surface area contributed by atoms with Crippen molar-refractivity contribution in [2.75, 3.05) is 0 Å². The molecule has 6 N–H and O–H groups in total. The molecule has 0 bridgehead atoms. The molecule has 0 radical (unpaired) electrons. The first-order chi connectivity index (χ1) is 10.8. The Morgan fingerprint density at radius 3 is 0.792 bits per heavy atom. The molecule has 136 valence electrons. The third kappa shape index (κ3) is 37.6. The Labute approximate surface area is 152 Å². The predicted octanol–water partition coefficient (Wildman–Crippen LogP) is 2.37. The van der Waals surface area contributed by atoms with Gasteiger partial charge in [0.2, 0.25) is 0 Å². The molecular formula is C14H22O6P2S2. The molecule has 2 aromatic carbocycles. The molecule has 0 aromatic heterocycles. The lowest BCUT2D eigenvalue weighted by Crippen LogP contribution is -1.65. The number of hydrogen-bond acceptors (Lipinski definition) is 2. The topological polar surface area (TPSA) is 121 Å². The average Bonchev–Trinajstić information content (AvgIpc) is 2.37. The number of hydrogen-bond donors (Lipinski definition) is 6. The van der Waals surface area contributed by atoms with Gasteiger partial charge in [-0.05, 0) is 37.5 Å². The van der Waals surface area contributed by atoms with Gasteiger partial charge in [-0.1, -0.05) is 71.8 Å². The van der Waals surface area contributed by atoms with Crippen LogP contribution in [0, 0.1) is 13.8 Å². The van der Waals surface area contributed by atoms with Crippen molar-refractivity contribution in [3.8, 4) is 0 Å². The monoisotopic (exact) mass is 412 g/mol. The van der Waals surface area contributed by atoms with Gasteiger partial charge in [0.15, 0.2) is 0 Å². The van der Waals surface area contributed by atoms with E-state index in [0.717, 1.165) is 0 Å². The predicted molar refractivity (Wildman–Crippen MR) is 104 cm³/mol. The van der Waals surface area contributed by atoms with Crippen LogP contribution < -0.4 is 0 Å². The van der Waals surface area contributed by atoms with Gasteiger partial charge in [0.05, 0.1) is 0 Å². The summed E-state index contributed by atoms with van der Waals surface area (Å²) in [7, 11) is 0. The zero-order chi connectivity index (χ0) is 19.2. The van der Waals surface area contributed by atoms with Crippen molar-refractivity contribution in [1.29, 1.82) is 0 Å². The van der Waals surface area contributed by atoms with Crippen LogP contribution in [0.1, 0.15) is 11.1 Å². The fraction of sp³-hybridized carbons (Fsp3) is 0.143. The van der Waals surface area contributed by atoms with Crippen molar-refractivity contribution in [2.24, 2.45) is 0 Å². The second kappa shape index (κ2) is 13.8. The summed E-state index contributed by atoms with van der Waals surface area (Å²) in [6.07, 6.45) is 0. The maximum Gasteiger partial charge on any atom is 0.319 e. The Morgan fingerprint density at radius 1 is 0.542 bits per heavy atom. The zero-order valence-electron chi connectivity index (χ0n) is 13.2. The van der Waals surface area contributed by atoms with E-state index in [4.69, 9.17) is 29.4 Å². The smallest absolute Gasteiger partial charge is 0.319 e. The highest BCUT2D eigenvalue weighted by Crippen LogP contribution is 2.26. The molecule has 0 heterocycles. The second-order valence-corrected chi connectivity index (χ2v) is 9.33. The van der Waals surface area contributed by atoms with E-state index in [1.807, 2.05) is 36.4 Å². The van der Waals surface area contributed by atoms with Crippen molar-refractivity contribution in [3.63, 3.8) is 0 Å². The molecule has 0 saturated heterocycles. The summed E-state index contributed by atoms with van der Waals surface area (Å²) in [5, 5.41) is 0. The quantitative estimate of drug-likeness (QED) is 0.365. The Kier molecular flexibility index (Phi) is 14.7. The van der Waals surface area contributed by atoms with Gasteiger partial charge >= 0.3 is 13.4 Å². The van der Waals surface area contributed by atoms with Crippen LogP contribution in [0.3, 0.4) is 0 Å². The Hall–Kier alpha value is -0.500. The summed E-state index contributed by atoms with van der Waals surface area (Å²) in [6, 6.07) is 20.5. The number of benzene rings is 2. The third-order valence-electron chi connectivity index (χ3n) is 1.88. The molecule has 0 fully saturated rings. The van der Waals surface area contributed by atoms with Crippen LogP contribution in [0.4, 0.5) is 0 Å². The highest BCUT2D eigenvalue weighted by molar-refractivity contribution is 8.06. The van der Waals surface area contributed by atoms with Gasteiger partial charge in [0.1, 0.15) is 0 Å². The van der Waals surface area contributed by atoms with Crippen LogP contribution in [-0.2, 0) is 23.6 Å². The van der Waals surface area contributed by atoms with Crippen molar-refractivity contribution in [3.05, 3.63) is 71.8 Å². The fourth-order valence-electron chi connectivity index (χ4n) is 1.07. The van der Waals surface area contributed by atoms with Crippen molar-refractivity contribution >= 4 is 37.1 Å². The summed E-state index contributed by atoms with van der Waals surface area (Å²) in [5.74, 6) is 0. The minimum absolute atomic E-state index is 1.32. The highest BCUT2D eigenvalue weighted by Gasteiger charge is 1.92. The van der Waals surface area contributed by atoms with Gasteiger partial charge in [0, 0.05) is 0 Å². The first-order valence-corrected chi connectivity index (χ1v) is 11.7. The summed E-state index contributed by atoms with van der Waals surface area (Å²) in [5.41, 5.74) is 2.64. The molecule has 0 aliphatic rings. The number of aryl methyl sites for hydroxylation is 2. The van der Waals surface area contributed by atoms with Crippen LogP contribution in [0.25, 0.3) is 0 Å². The van der Waals surface area contributed by atoms with Gasteiger partial charge < -0.3 is 29.4 Å². The van der Waals surface area contributed by atoms with Gasteiger partial charge in [-0.3, -0.25) is 0 Å². The van der Waals surface area contributed by atoms with E-state index >= 15 is 0 Å². The zero-order valence-corrected chi connectivity index (χ0v) is 16.6. The van der Waals surface area contributed by atoms with E-state index < -0.39 is 13.4 Å². The summed E-state index contributed by atoms with van der Waals surface area (Å²) in [6.45, 7) is -3.44. The molecule has 0 spiro atoms. The first-order valence-electron chi connectivity index (χ1n) is 6.39. The second-order valence-electron chi connectivity index (χ2n) is 4.34. The van der Waals surface area contributed by atoms with E-state index in [1.165, 1.54) is 11.1 Å². The normalized spacial score (nSPS) is 10.0. The highest BCUT2D eigenvalue weighted by atomic mass is 32.5. The standard InChI is InChI=1S/2C7H8.2H3O3PS/c2*1-7-5-3-2-4-6-7;2*1-4(2,3)5/h2*2-6H,1H3;2*(H3,1,2,3,5). The van der Waals surface area contributed by atoms with E-state index in [-0.39, 0.29) is 0 Å². The fourth-order valence-corrected chi connectivity index (χ4v) is 1.07. The first kappa shape index (κ1) is 25.7. The molecule has 0 saturated carbocycles. The maximum absolute atomic E-state index is 7.56. The lowest BCUT2D eigenvalue weighted by molar-refractivity contribution is 0.361. The molecule has 6 nitrogen and oxygen atoms in total. The third-order valence-corrected chi connectivity index (χ3v) is 1.88. The molecule has 24 heavy (non-hydrogen) atoms. The average molecular weight is 412 g/mol. The molecule has 0 unspecified atom stereocenters. The van der Waals surface area contributed by atoms with Crippen molar-refractivity contribution in [2.45, 2.75) is 13.8 Å². The minimum Gasteiger partial charge on any atom is -0.325 e. The molecular weight excluding hydrogens is 390 g/mol. The summed E-state index contributed by atoms with van der Waals surface area (Å²) in [4.78, 5) is 45.3. The molecule has 0 atom stereocenters. The lowest BCUT2D eigenvalue weighted by Gasteiger charge is -1.88.